The van der Waals surface area contributed by atoms with Crippen molar-refractivity contribution in [3.8, 4) is 0 Å². The van der Waals surface area contributed by atoms with Crippen molar-refractivity contribution in [2.24, 2.45) is 4.99 Å². The van der Waals surface area contributed by atoms with Crippen LogP contribution in [-0.2, 0) is 4.79 Å². The zero-order valence-electron chi connectivity index (χ0n) is 15.7. The van der Waals surface area contributed by atoms with Crippen LogP contribution in [0.3, 0.4) is 0 Å². The first-order valence-electron chi connectivity index (χ1n) is 9.54. The first-order valence-corrected chi connectivity index (χ1v) is 9.54. The zero-order chi connectivity index (χ0) is 19.6. The number of amidine groups is 1. The molecule has 1 aliphatic heterocycles. The second-order valence-electron chi connectivity index (χ2n) is 6.91. The average Bonchev–Trinajstić information content (AvgIpc) is 3.11. The van der Waals surface area contributed by atoms with Gasteiger partial charge in [0.15, 0.2) is 0 Å². The Labute approximate surface area is 169 Å². The van der Waals surface area contributed by atoms with E-state index in [2.05, 4.69) is 12.1 Å². The summed E-state index contributed by atoms with van der Waals surface area (Å²) in [5.41, 5.74) is 3.11. The van der Waals surface area contributed by atoms with Crippen LogP contribution in [0.2, 0.25) is 0 Å². The normalized spacial score (nSPS) is 15.2. The Bertz CT molecular complexity index is 1260. The summed E-state index contributed by atoms with van der Waals surface area (Å²) in [4.78, 5) is 19.8. The fraction of sp³-hybridized carbons (Fsp3) is 0. The first-order chi connectivity index (χ1) is 14.3. The molecule has 0 atom stereocenters. The lowest BCUT2D eigenvalue weighted by atomic mass is 10.1. The molecule has 0 bridgehead atoms. The van der Waals surface area contributed by atoms with E-state index in [1.54, 1.807) is 4.90 Å². The second-order valence-corrected chi connectivity index (χ2v) is 6.91. The molecule has 4 aromatic rings. The molecular weight excluding hydrogens is 356 g/mol. The minimum Gasteiger partial charge on any atom is -0.266 e. The zero-order valence-corrected chi connectivity index (χ0v) is 15.7. The second kappa shape index (κ2) is 7.21. The third-order valence-electron chi connectivity index (χ3n) is 4.99. The maximum atomic E-state index is 13.4. The van der Waals surface area contributed by atoms with Gasteiger partial charge in [0.1, 0.15) is 11.5 Å². The number of benzene rings is 4. The quantitative estimate of drug-likeness (QED) is 0.425. The van der Waals surface area contributed by atoms with Crippen LogP contribution in [0.25, 0.3) is 16.8 Å². The number of hydrogen-bond acceptors (Lipinski definition) is 2. The highest BCUT2D eigenvalue weighted by atomic mass is 16.2. The van der Waals surface area contributed by atoms with Crippen LogP contribution in [0.15, 0.2) is 114 Å². The SMILES string of the molecule is O=C1/C(=C\c2ccccc2)N=C(c2ccccc2)N1c1ccc2ccccc2c1. The third kappa shape index (κ3) is 3.23. The summed E-state index contributed by atoms with van der Waals surface area (Å²) in [5.74, 6) is 0.524. The molecule has 138 valence electrons. The minimum atomic E-state index is -0.122. The predicted octanol–water partition coefficient (Wildman–Crippen LogP) is 5.67. The van der Waals surface area contributed by atoms with Crippen molar-refractivity contribution in [2.75, 3.05) is 4.90 Å². The molecule has 1 amide bonds. The highest BCUT2D eigenvalue weighted by Crippen LogP contribution is 2.30. The molecule has 3 nitrogen and oxygen atoms in total. The van der Waals surface area contributed by atoms with Crippen molar-refractivity contribution in [1.29, 1.82) is 0 Å². The van der Waals surface area contributed by atoms with Crippen molar-refractivity contribution in [2.45, 2.75) is 0 Å². The van der Waals surface area contributed by atoms with Crippen LogP contribution in [0, 0.1) is 0 Å². The van der Waals surface area contributed by atoms with E-state index in [1.165, 1.54) is 0 Å². The summed E-state index contributed by atoms with van der Waals surface area (Å²) in [6.07, 6.45) is 1.84. The largest absolute Gasteiger partial charge is 0.282 e. The van der Waals surface area contributed by atoms with Crippen LogP contribution in [-0.4, -0.2) is 11.7 Å². The van der Waals surface area contributed by atoms with Gasteiger partial charge < -0.3 is 0 Å². The van der Waals surface area contributed by atoms with Crippen LogP contribution >= 0.6 is 0 Å². The number of nitrogens with zero attached hydrogens (tertiary/aromatic N) is 2. The highest BCUT2D eigenvalue weighted by molar-refractivity contribution is 6.33. The molecule has 5 rings (SSSR count). The van der Waals surface area contributed by atoms with Crippen LogP contribution in [0.4, 0.5) is 5.69 Å². The molecule has 0 aliphatic carbocycles. The molecule has 0 N–H and O–H groups in total. The number of anilines is 1. The van der Waals surface area contributed by atoms with E-state index in [1.807, 2.05) is 97.1 Å². The molecule has 0 saturated heterocycles. The number of rotatable bonds is 3. The summed E-state index contributed by atoms with van der Waals surface area (Å²) in [7, 11) is 0. The Morgan fingerprint density at radius 3 is 2.10 bits per heavy atom. The molecule has 4 aromatic carbocycles. The smallest absolute Gasteiger partial charge is 0.266 e. The molecule has 1 aliphatic rings. The van der Waals surface area contributed by atoms with Gasteiger partial charge in [0.25, 0.3) is 5.91 Å². The Balaban J connectivity index is 1.65. The molecule has 0 aromatic heterocycles. The molecule has 0 unspecified atom stereocenters. The molecule has 29 heavy (non-hydrogen) atoms. The maximum absolute atomic E-state index is 13.4. The Kier molecular flexibility index (Phi) is 4.26. The minimum absolute atomic E-state index is 0.122. The van der Waals surface area contributed by atoms with Crippen molar-refractivity contribution in [1.82, 2.24) is 0 Å². The number of hydrogen-bond donors (Lipinski definition) is 0. The Morgan fingerprint density at radius 2 is 1.34 bits per heavy atom. The van der Waals surface area contributed by atoms with E-state index >= 15 is 0 Å². The number of carbonyl (C=O) groups excluding carboxylic acids is 1. The van der Waals surface area contributed by atoms with Gasteiger partial charge in [-0.2, -0.15) is 0 Å². The summed E-state index contributed by atoms with van der Waals surface area (Å²) < 4.78 is 0. The third-order valence-corrected chi connectivity index (χ3v) is 4.99. The summed E-state index contributed by atoms with van der Waals surface area (Å²) in [6.45, 7) is 0. The molecule has 0 radical (unpaired) electrons. The summed E-state index contributed by atoms with van der Waals surface area (Å²) in [5, 5.41) is 2.23. The van der Waals surface area contributed by atoms with Crippen molar-refractivity contribution in [3.05, 3.63) is 120 Å². The van der Waals surface area contributed by atoms with Crippen LogP contribution < -0.4 is 4.90 Å². The van der Waals surface area contributed by atoms with Gasteiger partial charge in [0, 0.05) is 5.56 Å². The molecule has 3 heteroatoms. The topological polar surface area (TPSA) is 32.7 Å². The van der Waals surface area contributed by atoms with Gasteiger partial charge in [-0.05, 0) is 34.5 Å². The number of carbonyl (C=O) groups is 1. The van der Waals surface area contributed by atoms with Gasteiger partial charge in [-0.1, -0.05) is 91.0 Å². The van der Waals surface area contributed by atoms with E-state index in [0.29, 0.717) is 11.5 Å². The fourth-order valence-electron chi connectivity index (χ4n) is 3.56. The van der Waals surface area contributed by atoms with Crippen molar-refractivity contribution >= 4 is 34.3 Å². The average molecular weight is 374 g/mol. The molecule has 1 heterocycles. The standard InChI is InChI=1S/C26H18N2O/c29-26-24(17-19-9-3-1-4-10-19)27-25(21-12-5-2-6-13-21)28(26)23-16-15-20-11-7-8-14-22(20)18-23/h1-18H/b24-17+. The summed E-state index contributed by atoms with van der Waals surface area (Å²) >= 11 is 0. The summed E-state index contributed by atoms with van der Waals surface area (Å²) in [6, 6.07) is 33.8. The van der Waals surface area contributed by atoms with Crippen LogP contribution in [0.1, 0.15) is 11.1 Å². The van der Waals surface area contributed by atoms with Gasteiger partial charge >= 0.3 is 0 Å². The van der Waals surface area contributed by atoms with E-state index in [0.717, 1.165) is 27.6 Å². The van der Waals surface area contributed by atoms with Gasteiger partial charge in [-0.15, -0.1) is 0 Å². The molecule has 0 saturated carbocycles. The Hall–Kier alpha value is -3.98. The lowest BCUT2D eigenvalue weighted by molar-refractivity contribution is -0.113. The molecule has 0 fully saturated rings. The lowest BCUT2D eigenvalue weighted by Gasteiger charge is -2.19. The highest BCUT2D eigenvalue weighted by Gasteiger charge is 2.32. The van der Waals surface area contributed by atoms with Gasteiger partial charge in [-0.25, -0.2) is 4.99 Å². The number of amides is 1. The monoisotopic (exact) mass is 374 g/mol. The predicted molar refractivity (Wildman–Crippen MR) is 119 cm³/mol. The lowest BCUT2D eigenvalue weighted by Crippen LogP contribution is -2.32. The van der Waals surface area contributed by atoms with E-state index < -0.39 is 0 Å². The van der Waals surface area contributed by atoms with E-state index in [4.69, 9.17) is 4.99 Å². The van der Waals surface area contributed by atoms with Gasteiger partial charge in [0.2, 0.25) is 0 Å². The maximum Gasteiger partial charge on any atom is 0.282 e. The van der Waals surface area contributed by atoms with E-state index in [-0.39, 0.29) is 5.91 Å². The van der Waals surface area contributed by atoms with Crippen molar-refractivity contribution < 1.29 is 4.79 Å². The molecular formula is C26H18N2O. The first kappa shape index (κ1) is 17.1. The number of fused-ring (bicyclic) bond motifs is 1. The van der Waals surface area contributed by atoms with Crippen LogP contribution in [0.5, 0.6) is 0 Å². The Morgan fingerprint density at radius 1 is 0.690 bits per heavy atom. The fourth-order valence-corrected chi connectivity index (χ4v) is 3.56. The van der Waals surface area contributed by atoms with Crippen molar-refractivity contribution in [3.63, 3.8) is 0 Å². The number of aliphatic imine (C=N–C) groups is 1. The molecule has 0 spiro atoms. The van der Waals surface area contributed by atoms with E-state index in [9.17, 15) is 4.79 Å². The van der Waals surface area contributed by atoms with Gasteiger partial charge in [-0.3, -0.25) is 9.69 Å². The van der Waals surface area contributed by atoms with Gasteiger partial charge in [0.05, 0.1) is 5.69 Å².